The van der Waals surface area contributed by atoms with Gasteiger partial charge in [0, 0.05) is 55.6 Å². The highest BCUT2D eigenvalue weighted by atomic mass is 19.1. The summed E-state index contributed by atoms with van der Waals surface area (Å²) in [5, 5.41) is 4.96. The molecular formula is C25H28F2N4. The Labute approximate surface area is 181 Å². The Morgan fingerprint density at radius 2 is 1.90 bits per heavy atom. The largest absolute Gasteiger partial charge is 0.366 e. The van der Waals surface area contributed by atoms with E-state index in [-0.39, 0.29) is 0 Å². The molecule has 2 N–H and O–H groups in total. The van der Waals surface area contributed by atoms with Crippen molar-refractivity contribution in [3.05, 3.63) is 71.4 Å². The Bertz CT molecular complexity index is 1080. The molecule has 3 aromatic rings. The van der Waals surface area contributed by atoms with Gasteiger partial charge < -0.3 is 20.1 Å². The molecule has 0 spiro atoms. The van der Waals surface area contributed by atoms with Crippen molar-refractivity contribution in [3.63, 3.8) is 0 Å². The van der Waals surface area contributed by atoms with Crippen molar-refractivity contribution in [2.45, 2.75) is 25.4 Å². The number of hydrogen-bond acceptors (Lipinski definition) is 3. The van der Waals surface area contributed by atoms with Gasteiger partial charge in [-0.1, -0.05) is 18.2 Å². The number of benzene rings is 2. The maximum atomic E-state index is 14.1. The second-order valence-corrected chi connectivity index (χ2v) is 8.56. The number of aromatic amines is 1. The van der Waals surface area contributed by atoms with Crippen LogP contribution in [0.2, 0.25) is 0 Å². The lowest BCUT2D eigenvalue weighted by molar-refractivity contribution is 0.201. The molecule has 6 heteroatoms. The van der Waals surface area contributed by atoms with E-state index in [0.717, 1.165) is 51.6 Å². The molecule has 4 nitrogen and oxygen atoms in total. The molecule has 1 aromatic heterocycles. The quantitative estimate of drug-likeness (QED) is 0.612. The Morgan fingerprint density at radius 1 is 1.03 bits per heavy atom. The van der Waals surface area contributed by atoms with Crippen molar-refractivity contribution in [1.82, 2.24) is 15.2 Å². The van der Waals surface area contributed by atoms with Gasteiger partial charge in [0.15, 0.2) is 0 Å². The lowest BCUT2D eigenvalue weighted by Gasteiger charge is -2.35. The van der Waals surface area contributed by atoms with E-state index in [1.54, 1.807) is 6.08 Å². The van der Waals surface area contributed by atoms with Gasteiger partial charge >= 0.3 is 0 Å². The van der Waals surface area contributed by atoms with E-state index in [1.165, 1.54) is 22.5 Å². The topological polar surface area (TPSA) is 34.3 Å². The van der Waals surface area contributed by atoms with E-state index in [4.69, 9.17) is 0 Å². The Morgan fingerprint density at radius 3 is 2.77 bits per heavy atom. The third kappa shape index (κ3) is 4.50. The molecule has 0 amide bonds. The fourth-order valence-corrected chi connectivity index (χ4v) is 4.70. The lowest BCUT2D eigenvalue weighted by Crippen LogP contribution is -2.45. The summed E-state index contributed by atoms with van der Waals surface area (Å²) in [6, 6.07) is 11.6. The first-order valence-corrected chi connectivity index (χ1v) is 11.1. The van der Waals surface area contributed by atoms with E-state index < -0.39 is 11.6 Å². The van der Waals surface area contributed by atoms with E-state index in [2.05, 4.69) is 44.4 Å². The predicted octanol–water partition coefficient (Wildman–Crippen LogP) is 4.53. The minimum absolute atomic E-state index is 0.488. The highest BCUT2D eigenvalue weighted by Crippen LogP contribution is 2.29. The van der Waals surface area contributed by atoms with E-state index in [0.29, 0.717) is 23.8 Å². The summed E-state index contributed by atoms with van der Waals surface area (Å²) in [6.45, 7) is 5.35. The van der Waals surface area contributed by atoms with Crippen LogP contribution in [0.1, 0.15) is 24.0 Å². The van der Waals surface area contributed by atoms with Crippen LogP contribution in [-0.2, 0) is 6.54 Å². The highest BCUT2D eigenvalue weighted by molar-refractivity contribution is 5.79. The lowest BCUT2D eigenvalue weighted by atomic mass is 10.0. The molecule has 2 aliphatic heterocycles. The van der Waals surface area contributed by atoms with E-state index in [9.17, 15) is 8.78 Å². The molecule has 2 aliphatic rings. The molecule has 0 aliphatic carbocycles. The predicted molar refractivity (Wildman–Crippen MR) is 122 cm³/mol. The average molecular weight is 423 g/mol. The van der Waals surface area contributed by atoms with Gasteiger partial charge in [0.25, 0.3) is 0 Å². The molecule has 1 fully saturated rings. The normalized spacial score (nSPS) is 17.4. The van der Waals surface area contributed by atoms with Crippen molar-refractivity contribution < 1.29 is 8.78 Å². The van der Waals surface area contributed by atoms with Crippen LogP contribution in [0.15, 0.2) is 48.7 Å². The fraction of sp³-hybridized carbons (Fsp3) is 0.360. The first kappa shape index (κ1) is 20.2. The highest BCUT2D eigenvalue weighted by Gasteiger charge is 2.21. The monoisotopic (exact) mass is 422 g/mol. The molecule has 162 valence electrons. The van der Waals surface area contributed by atoms with Gasteiger partial charge in [-0.15, -0.1) is 0 Å². The summed E-state index contributed by atoms with van der Waals surface area (Å²) >= 11 is 0. The average Bonchev–Trinajstić information content (AvgIpc) is 3.25. The third-order valence-corrected chi connectivity index (χ3v) is 6.51. The maximum absolute atomic E-state index is 14.1. The van der Waals surface area contributed by atoms with Gasteiger partial charge in [-0.25, -0.2) is 8.78 Å². The second-order valence-electron chi connectivity index (χ2n) is 8.56. The summed E-state index contributed by atoms with van der Waals surface area (Å²) < 4.78 is 27.8. The number of hydrogen-bond donors (Lipinski definition) is 2. The summed E-state index contributed by atoms with van der Waals surface area (Å²) in [7, 11) is 0. The number of piperidine rings is 1. The molecule has 0 radical (unpaired) electrons. The Hall–Kier alpha value is -2.70. The van der Waals surface area contributed by atoms with Crippen molar-refractivity contribution >= 4 is 22.7 Å². The molecule has 2 aromatic carbocycles. The molecule has 0 saturated carbocycles. The summed E-state index contributed by atoms with van der Waals surface area (Å²) in [6.07, 6.45) is 7.91. The van der Waals surface area contributed by atoms with Crippen LogP contribution in [0.4, 0.5) is 14.5 Å². The number of H-pyrrole nitrogens is 1. The number of fused-ring (bicyclic) bond motifs is 2. The van der Waals surface area contributed by atoms with Crippen molar-refractivity contribution in [2.24, 2.45) is 0 Å². The number of aromatic nitrogens is 1. The zero-order chi connectivity index (χ0) is 21.2. The van der Waals surface area contributed by atoms with Gasteiger partial charge in [-0.3, -0.25) is 0 Å². The molecular weight excluding hydrogens is 394 g/mol. The minimum Gasteiger partial charge on any atom is -0.366 e. The van der Waals surface area contributed by atoms with Crippen molar-refractivity contribution in [3.8, 4) is 0 Å². The van der Waals surface area contributed by atoms with Crippen LogP contribution >= 0.6 is 0 Å². The third-order valence-electron chi connectivity index (χ3n) is 6.51. The molecule has 3 heterocycles. The molecule has 1 saturated heterocycles. The number of nitrogens with one attached hydrogen (secondary N) is 2. The smallest absolute Gasteiger partial charge is 0.135 e. The summed E-state index contributed by atoms with van der Waals surface area (Å²) in [4.78, 5) is 7.76. The van der Waals surface area contributed by atoms with Gasteiger partial charge in [0.05, 0.1) is 5.69 Å². The van der Waals surface area contributed by atoms with Crippen molar-refractivity contribution in [1.29, 1.82) is 0 Å². The van der Waals surface area contributed by atoms with Gasteiger partial charge in [0.1, 0.15) is 11.6 Å². The molecule has 0 atom stereocenters. The fourth-order valence-electron chi connectivity index (χ4n) is 4.70. The van der Waals surface area contributed by atoms with Crippen molar-refractivity contribution in [2.75, 3.05) is 37.6 Å². The van der Waals surface area contributed by atoms with Crippen LogP contribution in [0.5, 0.6) is 0 Å². The molecule has 31 heavy (non-hydrogen) atoms. The van der Waals surface area contributed by atoms with Crippen LogP contribution < -0.4 is 10.2 Å². The van der Waals surface area contributed by atoms with Gasteiger partial charge in [-0.05, 0) is 61.1 Å². The SMILES string of the molecule is Fc1cc(F)c2c(c1)N(CCN1CCC(NCc3ccc4[nH]ccc4c3)CC1)CC=C2. The van der Waals surface area contributed by atoms with Crippen LogP contribution in [0, 0.1) is 11.6 Å². The molecule has 0 bridgehead atoms. The van der Waals surface area contributed by atoms with Crippen LogP contribution in [0.25, 0.3) is 17.0 Å². The molecule has 5 rings (SSSR count). The standard InChI is InChI=1S/C25H28F2N4/c26-20-15-23(27)22-2-1-9-31(25(22)16-20)13-12-30-10-6-21(7-11-30)29-17-18-3-4-24-19(14-18)5-8-28-24/h1-5,8,14-16,21,28-29H,6-7,9-13,17H2. The Balaban J connectivity index is 1.10. The zero-order valence-electron chi connectivity index (χ0n) is 17.6. The zero-order valence-corrected chi connectivity index (χ0v) is 17.6. The number of likely N-dealkylation sites (tertiary alicyclic amines) is 1. The molecule has 0 unspecified atom stereocenters. The minimum atomic E-state index is -0.515. The van der Waals surface area contributed by atoms with E-state index in [1.807, 2.05) is 12.3 Å². The second kappa shape index (κ2) is 8.81. The van der Waals surface area contributed by atoms with Gasteiger partial charge in [-0.2, -0.15) is 0 Å². The number of halogens is 2. The summed E-state index contributed by atoms with van der Waals surface area (Å²) in [5.41, 5.74) is 3.64. The first-order chi connectivity index (χ1) is 15.2. The van der Waals surface area contributed by atoms with E-state index >= 15 is 0 Å². The number of rotatable bonds is 6. The maximum Gasteiger partial charge on any atom is 0.135 e. The Kier molecular flexibility index (Phi) is 5.74. The van der Waals surface area contributed by atoms with Crippen LogP contribution in [0.3, 0.4) is 0 Å². The summed E-state index contributed by atoms with van der Waals surface area (Å²) in [5.74, 6) is -1.00. The number of nitrogens with zero attached hydrogens (tertiary/aromatic N) is 2. The number of anilines is 1. The van der Waals surface area contributed by atoms with Crippen LogP contribution in [-0.4, -0.2) is 48.6 Å². The first-order valence-electron chi connectivity index (χ1n) is 11.1. The van der Waals surface area contributed by atoms with Gasteiger partial charge in [0.2, 0.25) is 0 Å².